The summed E-state index contributed by atoms with van der Waals surface area (Å²) >= 11 is 0. The fourth-order valence-electron chi connectivity index (χ4n) is 2.12. The summed E-state index contributed by atoms with van der Waals surface area (Å²) in [6.45, 7) is 9.25. The number of hydrogen-bond acceptors (Lipinski definition) is 2. The van der Waals surface area contributed by atoms with Crippen molar-refractivity contribution in [1.29, 1.82) is 0 Å². The van der Waals surface area contributed by atoms with Gasteiger partial charge in [0.1, 0.15) is 5.75 Å². The Morgan fingerprint density at radius 2 is 2.00 bits per heavy atom. The van der Waals surface area contributed by atoms with Crippen molar-refractivity contribution in [3.8, 4) is 5.75 Å². The van der Waals surface area contributed by atoms with Crippen LogP contribution in [0.15, 0.2) is 24.3 Å². The first-order valence-corrected chi connectivity index (χ1v) is 5.88. The molecule has 0 spiro atoms. The van der Waals surface area contributed by atoms with Crippen molar-refractivity contribution >= 4 is 0 Å². The summed E-state index contributed by atoms with van der Waals surface area (Å²) in [6, 6.07) is 8.16. The first kappa shape index (κ1) is 11.5. The summed E-state index contributed by atoms with van der Waals surface area (Å²) in [5.41, 5.74) is 1.20. The van der Waals surface area contributed by atoms with E-state index in [0.29, 0.717) is 6.61 Å². The fraction of sp³-hybridized carbons (Fsp3) is 0.571. The lowest BCUT2D eigenvalue weighted by atomic mass is 9.81. The molecule has 0 radical (unpaired) electrons. The summed E-state index contributed by atoms with van der Waals surface area (Å²) in [4.78, 5) is 0. The average molecular weight is 220 g/mol. The van der Waals surface area contributed by atoms with Gasteiger partial charge in [-0.2, -0.15) is 0 Å². The van der Waals surface area contributed by atoms with Crippen LogP contribution in [-0.4, -0.2) is 12.7 Å². The van der Waals surface area contributed by atoms with Crippen molar-refractivity contribution in [2.75, 3.05) is 6.61 Å². The van der Waals surface area contributed by atoms with E-state index in [9.17, 15) is 0 Å². The van der Waals surface area contributed by atoms with Gasteiger partial charge in [0, 0.05) is 11.0 Å². The largest absolute Gasteiger partial charge is 0.493 e. The number of ether oxygens (including phenoxy) is 2. The highest BCUT2D eigenvalue weighted by molar-refractivity contribution is 5.38. The van der Waals surface area contributed by atoms with Crippen molar-refractivity contribution in [2.45, 2.75) is 39.9 Å². The molecule has 1 aromatic carbocycles. The van der Waals surface area contributed by atoms with E-state index in [1.54, 1.807) is 0 Å². The molecule has 1 atom stereocenters. The average Bonchev–Trinajstić information content (AvgIpc) is 2.22. The molecule has 2 heteroatoms. The molecule has 16 heavy (non-hydrogen) atoms. The van der Waals surface area contributed by atoms with Gasteiger partial charge < -0.3 is 9.47 Å². The van der Waals surface area contributed by atoms with Gasteiger partial charge in [-0.3, -0.25) is 0 Å². The van der Waals surface area contributed by atoms with E-state index in [4.69, 9.17) is 9.47 Å². The lowest BCUT2D eigenvalue weighted by Crippen LogP contribution is -2.36. The molecule has 0 saturated heterocycles. The third kappa shape index (κ3) is 2.07. The molecule has 0 bridgehead atoms. The minimum atomic E-state index is 0.0264. The van der Waals surface area contributed by atoms with Crippen LogP contribution in [-0.2, 0) is 4.74 Å². The zero-order valence-corrected chi connectivity index (χ0v) is 10.5. The molecule has 1 aliphatic heterocycles. The Labute approximate surface area is 97.6 Å². The number of hydrogen-bond donors (Lipinski definition) is 0. The summed E-state index contributed by atoms with van der Waals surface area (Å²) in [6.07, 6.45) is 0.355. The Kier molecular flexibility index (Phi) is 2.94. The molecule has 0 saturated carbocycles. The predicted molar refractivity (Wildman–Crippen MR) is 64.7 cm³/mol. The molecule has 1 unspecified atom stereocenters. The SMILES string of the molecule is CC(C)OC1c2ccccc2OCC1(C)C. The fourth-order valence-corrected chi connectivity index (χ4v) is 2.12. The maximum Gasteiger partial charge on any atom is 0.125 e. The highest BCUT2D eigenvalue weighted by atomic mass is 16.5. The van der Waals surface area contributed by atoms with E-state index in [-0.39, 0.29) is 17.6 Å². The number of rotatable bonds is 2. The number of para-hydroxylation sites is 1. The molecule has 2 nitrogen and oxygen atoms in total. The standard InChI is InChI=1S/C14H20O2/c1-10(2)16-13-11-7-5-6-8-12(11)15-9-14(13,3)4/h5-8,10,13H,9H2,1-4H3. The van der Waals surface area contributed by atoms with Crippen LogP contribution < -0.4 is 4.74 Å². The van der Waals surface area contributed by atoms with E-state index in [2.05, 4.69) is 33.8 Å². The van der Waals surface area contributed by atoms with Gasteiger partial charge in [0.25, 0.3) is 0 Å². The van der Waals surface area contributed by atoms with Gasteiger partial charge >= 0.3 is 0 Å². The third-order valence-corrected chi connectivity index (χ3v) is 2.92. The molecule has 0 amide bonds. The highest BCUT2D eigenvalue weighted by Crippen LogP contribution is 2.45. The minimum absolute atomic E-state index is 0.0264. The van der Waals surface area contributed by atoms with Gasteiger partial charge in [0.2, 0.25) is 0 Å². The van der Waals surface area contributed by atoms with Crippen molar-refractivity contribution < 1.29 is 9.47 Å². The second kappa shape index (κ2) is 4.10. The molecular weight excluding hydrogens is 200 g/mol. The molecule has 0 fully saturated rings. The van der Waals surface area contributed by atoms with E-state index in [0.717, 1.165) is 5.75 Å². The van der Waals surface area contributed by atoms with E-state index < -0.39 is 0 Å². The predicted octanol–water partition coefficient (Wildman–Crippen LogP) is 3.57. The summed E-state index contributed by atoms with van der Waals surface area (Å²) in [5, 5.41) is 0. The molecule has 0 aliphatic carbocycles. The Morgan fingerprint density at radius 3 is 2.69 bits per heavy atom. The monoisotopic (exact) mass is 220 g/mol. The number of benzene rings is 1. The van der Waals surface area contributed by atoms with Crippen LogP contribution in [0.3, 0.4) is 0 Å². The molecule has 1 heterocycles. The molecular formula is C14H20O2. The maximum atomic E-state index is 6.05. The second-order valence-corrected chi connectivity index (χ2v) is 5.38. The molecule has 0 aromatic heterocycles. The molecule has 1 aliphatic rings. The van der Waals surface area contributed by atoms with Gasteiger partial charge in [-0.25, -0.2) is 0 Å². The number of fused-ring (bicyclic) bond motifs is 1. The summed E-state index contributed by atoms with van der Waals surface area (Å²) in [7, 11) is 0. The maximum absolute atomic E-state index is 6.05. The van der Waals surface area contributed by atoms with Crippen molar-refractivity contribution in [3.63, 3.8) is 0 Å². The van der Waals surface area contributed by atoms with Crippen LogP contribution in [0.5, 0.6) is 5.75 Å². The smallest absolute Gasteiger partial charge is 0.125 e. The van der Waals surface area contributed by atoms with Crippen LogP contribution in [0.25, 0.3) is 0 Å². The van der Waals surface area contributed by atoms with Gasteiger partial charge in [0.15, 0.2) is 0 Å². The van der Waals surface area contributed by atoms with Gasteiger partial charge in [0.05, 0.1) is 18.8 Å². The molecule has 2 rings (SSSR count). The van der Waals surface area contributed by atoms with Gasteiger partial charge in [-0.1, -0.05) is 32.0 Å². The van der Waals surface area contributed by atoms with Crippen LogP contribution in [0.2, 0.25) is 0 Å². The highest BCUT2D eigenvalue weighted by Gasteiger charge is 2.38. The third-order valence-electron chi connectivity index (χ3n) is 2.92. The Bertz CT molecular complexity index is 369. The van der Waals surface area contributed by atoms with Crippen LogP contribution in [0, 0.1) is 5.41 Å². The topological polar surface area (TPSA) is 18.5 Å². The zero-order chi connectivity index (χ0) is 11.8. The van der Waals surface area contributed by atoms with Crippen molar-refractivity contribution in [1.82, 2.24) is 0 Å². The van der Waals surface area contributed by atoms with Crippen LogP contribution in [0.1, 0.15) is 39.4 Å². The summed E-state index contributed by atoms with van der Waals surface area (Å²) < 4.78 is 11.8. The first-order chi connectivity index (χ1) is 7.50. The molecule has 88 valence electrons. The zero-order valence-electron chi connectivity index (χ0n) is 10.5. The Balaban J connectivity index is 2.37. The Morgan fingerprint density at radius 1 is 1.31 bits per heavy atom. The van der Waals surface area contributed by atoms with E-state index in [1.165, 1.54) is 5.56 Å². The quantitative estimate of drug-likeness (QED) is 0.758. The van der Waals surface area contributed by atoms with Gasteiger partial charge in [-0.05, 0) is 19.9 Å². The lowest BCUT2D eigenvalue weighted by molar-refractivity contribution is -0.0879. The summed E-state index contributed by atoms with van der Waals surface area (Å²) in [5.74, 6) is 0.965. The first-order valence-electron chi connectivity index (χ1n) is 5.88. The minimum Gasteiger partial charge on any atom is -0.493 e. The van der Waals surface area contributed by atoms with Crippen molar-refractivity contribution in [2.24, 2.45) is 5.41 Å². The van der Waals surface area contributed by atoms with Crippen LogP contribution >= 0.6 is 0 Å². The second-order valence-electron chi connectivity index (χ2n) is 5.38. The molecule has 0 N–H and O–H groups in total. The molecule has 1 aromatic rings. The van der Waals surface area contributed by atoms with Crippen molar-refractivity contribution in [3.05, 3.63) is 29.8 Å². The lowest BCUT2D eigenvalue weighted by Gasteiger charge is -2.40. The van der Waals surface area contributed by atoms with Crippen LogP contribution in [0.4, 0.5) is 0 Å². The van der Waals surface area contributed by atoms with E-state index in [1.807, 2.05) is 18.2 Å². The van der Waals surface area contributed by atoms with Gasteiger partial charge in [-0.15, -0.1) is 0 Å². The van der Waals surface area contributed by atoms with E-state index >= 15 is 0 Å². The Hall–Kier alpha value is -1.02. The normalized spacial score (nSPS) is 22.7.